The van der Waals surface area contributed by atoms with E-state index in [1.165, 1.54) is 30.3 Å². The topological polar surface area (TPSA) is 106 Å². The Morgan fingerprint density at radius 3 is 2.77 bits per heavy atom. The van der Waals surface area contributed by atoms with E-state index in [9.17, 15) is 9.59 Å². The summed E-state index contributed by atoms with van der Waals surface area (Å²) in [6.07, 6.45) is 5.97. The van der Waals surface area contributed by atoms with Gasteiger partial charge in [-0.1, -0.05) is 30.1 Å². The number of likely N-dealkylation sites (tertiary alicyclic amines) is 1. The Kier molecular flexibility index (Phi) is 6.27. The maximum Gasteiger partial charge on any atom is 0.420 e. The number of aromatic nitrogens is 3. The molecule has 1 aliphatic heterocycles. The van der Waals surface area contributed by atoms with Gasteiger partial charge in [0, 0.05) is 12.6 Å². The fourth-order valence-electron chi connectivity index (χ4n) is 3.90. The number of amides is 1. The molecule has 0 saturated carbocycles. The van der Waals surface area contributed by atoms with E-state index in [1.54, 1.807) is 18.2 Å². The van der Waals surface area contributed by atoms with Crippen LogP contribution in [-0.4, -0.2) is 51.2 Å². The maximum atomic E-state index is 12.3. The average molecular weight is 413 g/mol. The Hall–Kier alpha value is -2.94. The average Bonchev–Trinajstić information content (AvgIpc) is 3.22. The number of nitrogens with zero attached hydrogens (tertiary/aromatic N) is 4. The molecule has 9 heteroatoms. The number of oxazole rings is 1. The van der Waals surface area contributed by atoms with Crippen molar-refractivity contribution in [2.45, 2.75) is 51.6 Å². The Morgan fingerprint density at radius 1 is 1.20 bits per heavy atom. The Balaban J connectivity index is 1.31. The summed E-state index contributed by atoms with van der Waals surface area (Å²) in [5, 5.41) is 6.68. The highest BCUT2D eigenvalue weighted by Crippen LogP contribution is 2.14. The van der Waals surface area contributed by atoms with Gasteiger partial charge in [-0.3, -0.25) is 9.36 Å². The summed E-state index contributed by atoms with van der Waals surface area (Å²) in [4.78, 5) is 31.0. The fraction of sp³-hybridized carbons (Fsp3) is 0.524. The molecule has 0 spiro atoms. The Bertz CT molecular complexity index is 1050. The van der Waals surface area contributed by atoms with Crippen LogP contribution in [-0.2, 0) is 6.54 Å². The van der Waals surface area contributed by atoms with E-state index in [0.717, 1.165) is 19.5 Å². The molecule has 9 nitrogen and oxygen atoms in total. The highest BCUT2D eigenvalue weighted by atomic mass is 16.5. The van der Waals surface area contributed by atoms with Crippen molar-refractivity contribution in [2.75, 3.05) is 19.6 Å². The first-order valence-electron chi connectivity index (χ1n) is 10.5. The second kappa shape index (κ2) is 9.25. The first-order valence-corrected chi connectivity index (χ1v) is 10.5. The molecule has 0 aliphatic carbocycles. The monoisotopic (exact) mass is 413 g/mol. The minimum absolute atomic E-state index is 0.0681. The summed E-state index contributed by atoms with van der Waals surface area (Å²) < 4.78 is 11.7. The molecule has 3 aromatic rings. The van der Waals surface area contributed by atoms with Crippen LogP contribution in [0.15, 0.2) is 38.0 Å². The summed E-state index contributed by atoms with van der Waals surface area (Å²) in [7, 11) is 0. The van der Waals surface area contributed by atoms with Gasteiger partial charge < -0.3 is 19.2 Å². The second-order valence-electron chi connectivity index (χ2n) is 7.78. The minimum atomic E-state index is -0.505. The highest BCUT2D eigenvalue weighted by molar-refractivity contribution is 5.89. The lowest BCUT2D eigenvalue weighted by molar-refractivity contribution is 0.0904. The molecule has 3 heterocycles. The number of para-hydroxylation sites is 2. The van der Waals surface area contributed by atoms with Gasteiger partial charge in [0.15, 0.2) is 11.4 Å². The zero-order valence-corrected chi connectivity index (χ0v) is 17.2. The molecule has 2 aromatic heterocycles. The zero-order valence-electron chi connectivity index (χ0n) is 17.2. The normalized spacial score (nSPS) is 16.4. The van der Waals surface area contributed by atoms with E-state index in [-0.39, 0.29) is 18.3 Å². The number of carbonyl (C=O) groups excluding carboxylic acids is 1. The van der Waals surface area contributed by atoms with Crippen LogP contribution in [0.2, 0.25) is 0 Å². The standard InChI is InChI=1S/C21H27N5O4/c1-15(25-12-6-2-3-7-13-25)10-11-22-19(27)20-23-18(24-30-20)14-26-16-8-4-5-9-17(16)29-21(26)28/h4-5,8-9,15H,2-3,6-7,10-14H2,1H3,(H,22,27)/t15-/m1/s1. The lowest BCUT2D eigenvalue weighted by Crippen LogP contribution is -2.37. The van der Waals surface area contributed by atoms with Crippen LogP contribution >= 0.6 is 0 Å². The molecule has 1 aliphatic rings. The molecule has 0 bridgehead atoms. The third-order valence-corrected chi connectivity index (χ3v) is 5.65. The van der Waals surface area contributed by atoms with Crippen LogP contribution < -0.4 is 11.1 Å². The molecule has 1 atom stereocenters. The molecule has 1 saturated heterocycles. The predicted octanol–water partition coefficient (Wildman–Crippen LogP) is 2.41. The van der Waals surface area contributed by atoms with Gasteiger partial charge in [0.25, 0.3) is 0 Å². The first kappa shape index (κ1) is 20.3. The fourth-order valence-corrected chi connectivity index (χ4v) is 3.90. The molecule has 0 radical (unpaired) electrons. The van der Waals surface area contributed by atoms with Gasteiger partial charge in [0.1, 0.15) is 0 Å². The third kappa shape index (κ3) is 4.62. The molecule has 4 rings (SSSR count). The maximum absolute atomic E-state index is 12.3. The molecule has 0 unspecified atom stereocenters. The van der Waals surface area contributed by atoms with Gasteiger partial charge >= 0.3 is 17.6 Å². The van der Waals surface area contributed by atoms with Gasteiger partial charge in [-0.15, -0.1) is 0 Å². The van der Waals surface area contributed by atoms with Gasteiger partial charge in [0.2, 0.25) is 0 Å². The Labute approximate surface area is 174 Å². The van der Waals surface area contributed by atoms with Crippen LogP contribution in [0.4, 0.5) is 0 Å². The van der Waals surface area contributed by atoms with E-state index in [1.807, 2.05) is 6.07 Å². The van der Waals surface area contributed by atoms with Gasteiger partial charge in [0.05, 0.1) is 12.1 Å². The summed E-state index contributed by atoms with van der Waals surface area (Å²) in [5.41, 5.74) is 1.13. The lowest BCUT2D eigenvalue weighted by atomic mass is 10.2. The van der Waals surface area contributed by atoms with E-state index in [2.05, 4.69) is 27.3 Å². The van der Waals surface area contributed by atoms with Crippen LogP contribution in [0.25, 0.3) is 11.1 Å². The van der Waals surface area contributed by atoms with Gasteiger partial charge in [-0.25, -0.2) is 4.79 Å². The van der Waals surface area contributed by atoms with Crippen LogP contribution in [0.1, 0.15) is 55.5 Å². The molecule has 1 N–H and O–H groups in total. The largest absolute Gasteiger partial charge is 0.420 e. The van der Waals surface area contributed by atoms with Crippen molar-refractivity contribution in [2.24, 2.45) is 0 Å². The van der Waals surface area contributed by atoms with Crippen molar-refractivity contribution in [3.05, 3.63) is 46.5 Å². The second-order valence-corrected chi connectivity index (χ2v) is 7.78. The van der Waals surface area contributed by atoms with E-state index >= 15 is 0 Å². The van der Waals surface area contributed by atoms with E-state index in [4.69, 9.17) is 8.94 Å². The number of rotatable bonds is 7. The van der Waals surface area contributed by atoms with Gasteiger partial charge in [-0.05, 0) is 51.4 Å². The van der Waals surface area contributed by atoms with E-state index < -0.39 is 11.7 Å². The Morgan fingerprint density at radius 2 is 1.97 bits per heavy atom. The molecule has 160 valence electrons. The smallest absolute Gasteiger partial charge is 0.408 e. The molecular weight excluding hydrogens is 386 g/mol. The molecule has 1 fully saturated rings. The SMILES string of the molecule is C[C@H](CCNC(=O)c1nc(Cn2c(=O)oc3ccccc32)no1)N1CCCCCC1. The number of nitrogens with one attached hydrogen (secondary N) is 1. The van der Waals surface area contributed by atoms with Crippen LogP contribution in [0.5, 0.6) is 0 Å². The first-order chi connectivity index (χ1) is 14.6. The van der Waals surface area contributed by atoms with Crippen molar-refractivity contribution in [1.29, 1.82) is 0 Å². The van der Waals surface area contributed by atoms with E-state index in [0.29, 0.717) is 23.7 Å². The molecule has 1 aromatic carbocycles. The van der Waals surface area contributed by atoms with Crippen LogP contribution in [0.3, 0.4) is 0 Å². The molecule has 1 amide bonds. The van der Waals surface area contributed by atoms with Crippen molar-refractivity contribution >= 4 is 17.0 Å². The zero-order chi connectivity index (χ0) is 20.9. The number of hydrogen-bond donors (Lipinski definition) is 1. The number of carbonyl (C=O) groups is 1. The quantitative estimate of drug-likeness (QED) is 0.634. The van der Waals surface area contributed by atoms with Crippen molar-refractivity contribution in [1.82, 2.24) is 24.9 Å². The van der Waals surface area contributed by atoms with Crippen molar-refractivity contribution < 1.29 is 13.7 Å². The predicted molar refractivity (Wildman–Crippen MR) is 110 cm³/mol. The minimum Gasteiger partial charge on any atom is -0.408 e. The summed E-state index contributed by atoms with van der Waals surface area (Å²) >= 11 is 0. The summed E-state index contributed by atoms with van der Waals surface area (Å²) in [5.74, 6) is -0.768. The van der Waals surface area contributed by atoms with Gasteiger partial charge in [-0.2, -0.15) is 4.98 Å². The van der Waals surface area contributed by atoms with Crippen LogP contribution in [0, 0.1) is 0 Å². The molecule has 30 heavy (non-hydrogen) atoms. The molecular formula is C21H27N5O4. The lowest BCUT2D eigenvalue weighted by Gasteiger charge is -2.27. The summed E-state index contributed by atoms with van der Waals surface area (Å²) in [6.45, 7) is 5.07. The van der Waals surface area contributed by atoms with Crippen molar-refractivity contribution in [3.63, 3.8) is 0 Å². The summed E-state index contributed by atoms with van der Waals surface area (Å²) in [6, 6.07) is 7.52. The third-order valence-electron chi connectivity index (χ3n) is 5.65. The number of hydrogen-bond acceptors (Lipinski definition) is 7. The van der Waals surface area contributed by atoms with Crippen molar-refractivity contribution in [3.8, 4) is 0 Å². The number of benzene rings is 1. The number of fused-ring (bicyclic) bond motifs is 1. The highest BCUT2D eigenvalue weighted by Gasteiger charge is 2.19.